The Bertz CT molecular complexity index is 1650. The zero-order valence-corrected chi connectivity index (χ0v) is 26.5. The van der Waals surface area contributed by atoms with E-state index in [0.29, 0.717) is 27.2 Å². The third kappa shape index (κ3) is 6.22. The van der Waals surface area contributed by atoms with Gasteiger partial charge in [-0.15, -0.1) is 0 Å². The first-order valence-corrected chi connectivity index (χ1v) is 14.7. The van der Waals surface area contributed by atoms with E-state index in [0.717, 1.165) is 54.3 Å². The number of aromatic nitrogens is 3. The van der Waals surface area contributed by atoms with E-state index < -0.39 is 0 Å². The van der Waals surface area contributed by atoms with Crippen molar-refractivity contribution in [3.63, 3.8) is 0 Å². The highest BCUT2D eigenvalue weighted by molar-refractivity contribution is 6.32. The molecule has 0 unspecified atom stereocenters. The Morgan fingerprint density at radius 1 is 0.952 bits per heavy atom. The molecule has 1 aliphatic rings. The average molecular weight is 611 g/mol. The average Bonchev–Trinajstić information content (AvgIpc) is 3.28. The van der Waals surface area contributed by atoms with Crippen LogP contribution >= 0.6 is 23.2 Å². The number of piperazine rings is 1. The summed E-state index contributed by atoms with van der Waals surface area (Å²) in [6, 6.07) is 13.6. The Hall–Kier alpha value is -3.30. The fourth-order valence-corrected chi connectivity index (χ4v) is 5.88. The van der Waals surface area contributed by atoms with Crippen molar-refractivity contribution >= 4 is 28.9 Å². The van der Waals surface area contributed by atoms with Gasteiger partial charge in [0.15, 0.2) is 12.5 Å². The molecule has 8 nitrogen and oxygen atoms in total. The van der Waals surface area contributed by atoms with E-state index in [2.05, 4.69) is 36.6 Å². The van der Waals surface area contributed by atoms with Gasteiger partial charge >= 0.3 is 5.69 Å². The van der Waals surface area contributed by atoms with Crippen molar-refractivity contribution in [3.8, 4) is 33.8 Å². The van der Waals surface area contributed by atoms with Gasteiger partial charge in [0.2, 0.25) is 0 Å². The van der Waals surface area contributed by atoms with Crippen LogP contribution in [0.25, 0.3) is 28.1 Å². The van der Waals surface area contributed by atoms with Crippen LogP contribution in [0.3, 0.4) is 0 Å². The number of anilines is 1. The Balaban J connectivity index is 1.56. The molecule has 1 fully saturated rings. The summed E-state index contributed by atoms with van der Waals surface area (Å²) in [6.07, 6.45) is 3.40. The van der Waals surface area contributed by atoms with Gasteiger partial charge in [-0.1, -0.05) is 29.3 Å². The molecule has 1 aliphatic heterocycles. The third-order valence-corrected chi connectivity index (χ3v) is 8.16. The molecule has 4 aromatic rings. The molecule has 10 heteroatoms. The SMILES string of the molecule is COCOc1c(-c2ccc(-n3ccn(C)c3=O)c(Cl)c2)cc(C)nc1-c1cc(Cl)cc(N2CCN(C(C)(C)C)CC2)c1. The Morgan fingerprint density at radius 2 is 1.69 bits per heavy atom. The number of methoxy groups -OCH3 is 1. The van der Waals surface area contributed by atoms with Crippen molar-refractivity contribution < 1.29 is 9.47 Å². The van der Waals surface area contributed by atoms with Crippen LogP contribution in [0.2, 0.25) is 10.0 Å². The Morgan fingerprint density at radius 3 is 2.31 bits per heavy atom. The molecule has 0 spiro atoms. The predicted molar refractivity (Wildman–Crippen MR) is 170 cm³/mol. The molecule has 1 saturated heterocycles. The molecule has 2 aromatic carbocycles. The number of rotatable bonds is 7. The summed E-state index contributed by atoms with van der Waals surface area (Å²) in [4.78, 5) is 22.3. The van der Waals surface area contributed by atoms with E-state index in [1.165, 1.54) is 9.13 Å². The lowest BCUT2D eigenvalue weighted by Gasteiger charge is -2.43. The molecule has 0 radical (unpaired) electrons. The number of imidazole rings is 1. The Labute approximate surface area is 257 Å². The van der Waals surface area contributed by atoms with Crippen molar-refractivity contribution in [3.05, 3.63) is 81.1 Å². The highest BCUT2D eigenvalue weighted by Crippen LogP contribution is 2.41. The lowest BCUT2D eigenvalue weighted by molar-refractivity contribution is 0.0517. The van der Waals surface area contributed by atoms with Gasteiger partial charge in [0.05, 0.1) is 10.7 Å². The molecule has 0 bridgehead atoms. The molecule has 42 heavy (non-hydrogen) atoms. The van der Waals surface area contributed by atoms with Crippen molar-refractivity contribution in [2.45, 2.75) is 33.2 Å². The van der Waals surface area contributed by atoms with E-state index in [1.807, 2.05) is 43.3 Å². The van der Waals surface area contributed by atoms with Crippen LogP contribution < -0.4 is 15.3 Å². The standard InChI is InChI=1S/C32H37Cl2N5O3/c1-21-15-26(22-7-8-28(27(34)18-22)39-14-9-36(5)31(39)40)30(42-20-41-6)29(35-21)23-16-24(33)19-25(17-23)37-10-12-38(13-11-37)32(2,3)4/h7-9,14-19H,10-13,20H2,1-6H3. The number of nitrogens with zero attached hydrogens (tertiary/aromatic N) is 5. The molecular formula is C32H37Cl2N5O3. The Kier molecular flexibility index (Phi) is 8.71. The number of hydrogen-bond acceptors (Lipinski definition) is 6. The van der Waals surface area contributed by atoms with Gasteiger partial charge < -0.3 is 18.9 Å². The highest BCUT2D eigenvalue weighted by Gasteiger charge is 2.27. The van der Waals surface area contributed by atoms with Crippen LogP contribution in [0.5, 0.6) is 5.75 Å². The van der Waals surface area contributed by atoms with Crippen LogP contribution in [-0.2, 0) is 11.8 Å². The minimum Gasteiger partial charge on any atom is -0.465 e. The van der Waals surface area contributed by atoms with E-state index in [9.17, 15) is 4.79 Å². The second-order valence-corrected chi connectivity index (χ2v) is 12.5. The molecule has 0 saturated carbocycles. The molecular weight excluding hydrogens is 573 g/mol. The van der Waals surface area contributed by atoms with E-state index in [4.69, 9.17) is 37.7 Å². The van der Waals surface area contributed by atoms with Gasteiger partial charge in [-0.3, -0.25) is 9.47 Å². The van der Waals surface area contributed by atoms with E-state index >= 15 is 0 Å². The minimum atomic E-state index is -0.174. The zero-order chi connectivity index (χ0) is 30.2. The normalized spacial score (nSPS) is 14.4. The summed E-state index contributed by atoms with van der Waals surface area (Å²) in [6.45, 7) is 12.5. The minimum absolute atomic E-state index is 0.0398. The quantitative estimate of drug-likeness (QED) is 0.225. The fraction of sp³-hybridized carbons (Fsp3) is 0.375. The van der Waals surface area contributed by atoms with Crippen molar-refractivity contribution in [1.29, 1.82) is 0 Å². The number of benzene rings is 2. The lowest BCUT2D eigenvalue weighted by atomic mass is 9.99. The number of pyridine rings is 1. The summed E-state index contributed by atoms with van der Waals surface area (Å²) in [7, 11) is 3.29. The highest BCUT2D eigenvalue weighted by atomic mass is 35.5. The molecule has 0 amide bonds. The summed E-state index contributed by atoms with van der Waals surface area (Å²) >= 11 is 13.4. The van der Waals surface area contributed by atoms with Crippen LogP contribution in [-0.4, -0.2) is 64.6 Å². The topological polar surface area (TPSA) is 64.8 Å². The van der Waals surface area contributed by atoms with Gasteiger partial charge in [-0.2, -0.15) is 0 Å². The summed E-state index contributed by atoms with van der Waals surface area (Å²) < 4.78 is 14.5. The molecule has 2 aromatic heterocycles. The second kappa shape index (κ2) is 12.1. The second-order valence-electron chi connectivity index (χ2n) is 11.6. The van der Waals surface area contributed by atoms with E-state index in [-0.39, 0.29) is 18.0 Å². The molecule has 5 rings (SSSR count). The number of hydrogen-bond donors (Lipinski definition) is 0. The summed E-state index contributed by atoms with van der Waals surface area (Å²) in [5, 5.41) is 1.07. The maximum atomic E-state index is 12.5. The molecule has 222 valence electrons. The van der Waals surface area contributed by atoms with Crippen LogP contribution in [0, 0.1) is 6.92 Å². The van der Waals surface area contributed by atoms with Crippen LogP contribution in [0.15, 0.2) is 59.7 Å². The van der Waals surface area contributed by atoms with Gasteiger partial charge in [0, 0.05) is 85.8 Å². The van der Waals surface area contributed by atoms with Crippen molar-refractivity contribution in [1.82, 2.24) is 19.0 Å². The monoisotopic (exact) mass is 609 g/mol. The summed E-state index contributed by atoms with van der Waals surface area (Å²) in [5.41, 5.74) is 5.58. The maximum Gasteiger partial charge on any atom is 0.332 e. The van der Waals surface area contributed by atoms with Gasteiger partial charge in [0.25, 0.3) is 0 Å². The van der Waals surface area contributed by atoms with Crippen LogP contribution in [0.4, 0.5) is 5.69 Å². The van der Waals surface area contributed by atoms with Crippen molar-refractivity contribution in [2.24, 2.45) is 7.05 Å². The smallest absolute Gasteiger partial charge is 0.332 e. The maximum absolute atomic E-state index is 12.5. The predicted octanol–water partition coefficient (Wildman–Crippen LogP) is 6.42. The van der Waals surface area contributed by atoms with Gasteiger partial charge in [-0.25, -0.2) is 9.78 Å². The summed E-state index contributed by atoms with van der Waals surface area (Å²) in [5.74, 6) is 0.564. The van der Waals surface area contributed by atoms with Gasteiger partial charge in [0.1, 0.15) is 5.69 Å². The first kappa shape index (κ1) is 30.2. The molecule has 0 atom stereocenters. The zero-order valence-electron chi connectivity index (χ0n) is 24.9. The number of halogens is 2. The third-order valence-electron chi connectivity index (χ3n) is 7.64. The fourth-order valence-electron chi connectivity index (χ4n) is 5.38. The lowest BCUT2D eigenvalue weighted by Crippen LogP contribution is -2.53. The largest absolute Gasteiger partial charge is 0.465 e. The molecule has 0 aliphatic carbocycles. The van der Waals surface area contributed by atoms with Crippen LogP contribution in [0.1, 0.15) is 26.5 Å². The molecule has 3 heterocycles. The first-order chi connectivity index (χ1) is 20.0. The molecule has 0 N–H and O–H groups in total. The number of ether oxygens (including phenoxy) is 2. The first-order valence-electron chi connectivity index (χ1n) is 13.9. The van der Waals surface area contributed by atoms with Gasteiger partial charge in [-0.05, 0) is 69.7 Å². The number of aryl methyl sites for hydroxylation is 2. The van der Waals surface area contributed by atoms with Crippen molar-refractivity contribution in [2.75, 3.05) is 45.0 Å². The van der Waals surface area contributed by atoms with E-state index in [1.54, 1.807) is 26.6 Å².